The van der Waals surface area contributed by atoms with E-state index in [-0.39, 0.29) is 35.1 Å². The number of nitrogens with zero attached hydrogens (tertiary/aromatic N) is 4. The van der Waals surface area contributed by atoms with Crippen LogP contribution in [-0.4, -0.2) is 58.6 Å². The number of carbonyl (C=O) groups is 1. The molecule has 0 saturated carbocycles. The minimum absolute atomic E-state index is 0.0468. The van der Waals surface area contributed by atoms with E-state index in [0.717, 1.165) is 12.1 Å². The molecule has 1 aliphatic heterocycles. The molecule has 12 heteroatoms. The third-order valence-corrected chi connectivity index (χ3v) is 5.27. The van der Waals surface area contributed by atoms with Crippen LogP contribution in [0.15, 0.2) is 53.1 Å². The maximum atomic E-state index is 12.9. The fraction of sp³-hybridized carbons (Fsp3) is 0.318. The number of hydrogen-bond acceptors (Lipinski definition) is 6. The molecule has 2 heterocycles. The van der Waals surface area contributed by atoms with Crippen LogP contribution >= 0.6 is 0 Å². The van der Waals surface area contributed by atoms with E-state index >= 15 is 0 Å². The molecule has 3 aromatic rings. The van der Waals surface area contributed by atoms with Gasteiger partial charge in [-0.05, 0) is 24.3 Å². The number of para-hydroxylation sites is 1. The minimum atomic E-state index is -4.48. The van der Waals surface area contributed by atoms with E-state index in [1.165, 1.54) is 35.2 Å². The van der Waals surface area contributed by atoms with Gasteiger partial charge in [0.15, 0.2) is 0 Å². The van der Waals surface area contributed by atoms with E-state index in [0.29, 0.717) is 26.2 Å². The second-order valence-corrected chi connectivity index (χ2v) is 7.53. The molecule has 0 N–H and O–H groups in total. The quantitative estimate of drug-likeness (QED) is 0.488. The Morgan fingerprint density at radius 3 is 2.50 bits per heavy atom. The van der Waals surface area contributed by atoms with Crippen molar-refractivity contribution >= 4 is 5.91 Å². The topological polar surface area (TPSA) is 71.7 Å². The number of rotatable bonds is 6. The highest BCUT2D eigenvalue weighted by Gasteiger charge is 2.31. The standard InChI is InChI=1S/C22H19F5N4O3/c23-21(24)33-17-7-2-1-6-16(17)20(32)31-10-8-30(9-11-31)13-18-28-19(29-34-18)14-4-3-5-15(12-14)22(25,26)27/h1-7,12,21H,8-11,13H2. The van der Waals surface area contributed by atoms with Crippen molar-refractivity contribution in [2.24, 2.45) is 0 Å². The summed E-state index contributed by atoms with van der Waals surface area (Å²) in [5.41, 5.74) is -0.568. The molecule has 2 aromatic carbocycles. The molecule has 0 atom stereocenters. The van der Waals surface area contributed by atoms with Crippen LogP contribution in [0.4, 0.5) is 22.0 Å². The molecule has 180 valence electrons. The van der Waals surface area contributed by atoms with E-state index in [4.69, 9.17) is 4.52 Å². The monoisotopic (exact) mass is 482 g/mol. The summed E-state index contributed by atoms with van der Waals surface area (Å²) in [6.45, 7) is -1.23. The molecule has 0 bridgehead atoms. The van der Waals surface area contributed by atoms with Gasteiger partial charge in [-0.3, -0.25) is 9.69 Å². The summed E-state index contributed by atoms with van der Waals surface area (Å²) < 4.78 is 73.7. The Morgan fingerprint density at radius 1 is 1.06 bits per heavy atom. The van der Waals surface area contributed by atoms with Gasteiger partial charge in [0, 0.05) is 31.7 Å². The summed E-state index contributed by atoms with van der Waals surface area (Å²) in [6, 6.07) is 10.5. The molecule has 1 amide bonds. The Kier molecular flexibility index (Phi) is 6.77. The number of benzene rings is 2. The van der Waals surface area contributed by atoms with Gasteiger partial charge in [-0.1, -0.05) is 29.4 Å². The van der Waals surface area contributed by atoms with Crippen LogP contribution in [0.1, 0.15) is 21.8 Å². The van der Waals surface area contributed by atoms with Crippen LogP contribution in [0.3, 0.4) is 0 Å². The summed E-state index contributed by atoms with van der Waals surface area (Å²) >= 11 is 0. The number of carbonyl (C=O) groups excluding carboxylic acids is 1. The van der Waals surface area contributed by atoms with Gasteiger partial charge in [0.05, 0.1) is 17.7 Å². The molecule has 0 radical (unpaired) electrons. The van der Waals surface area contributed by atoms with Crippen LogP contribution in [0.2, 0.25) is 0 Å². The lowest BCUT2D eigenvalue weighted by Gasteiger charge is -2.34. The number of hydrogen-bond donors (Lipinski definition) is 0. The van der Waals surface area contributed by atoms with Crippen molar-refractivity contribution in [2.45, 2.75) is 19.3 Å². The van der Waals surface area contributed by atoms with Crippen LogP contribution in [0.25, 0.3) is 11.4 Å². The average molecular weight is 482 g/mol. The van der Waals surface area contributed by atoms with E-state index in [1.54, 1.807) is 6.07 Å². The fourth-order valence-corrected chi connectivity index (χ4v) is 3.58. The van der Waals surface area contributed by atoms with Gasteiger partial charge in [0.2, 0.25) is 11.7 Å². The SMILES string of the molecule is O=C(c1ccccc1OC(F)F)N1CCN(Cc2nc(-c3cccc(C(F)(F)F)c3)no2)CC1. The molecule has 1 fully saturated rings. The van der Waals surface area contributed by atoms with Gasteiger partial charge in [0.1, 0.15) is 5.75 Å². The predicted molar refractivity (Wildman–Crippen MR) is 109 cm³/mol. The summed E-state index contributed by atoms with van der Waals surface area (Å²) in [4.78, 5) is 20.4. The van der Waals surface area contributed by atoms with Crippen molar-refractivity contribution in [3.8, 4) is 17.1 Å². The van der Waals surface area contributed by atoms with Crippen LogP contribution in [0, 0.1) is 0 Å². The summed E-state index contributed by atoms with van der Waals surface area (Å²) in [5.74, 6) is -0.327. The summed E-state index contributed by atoms with van der Waals surface area (Å²) in [7, 11) is 0. The van der Waals surface area contributed by atoms with Crippen molar-refractivity contribution in [2.75, 3.05) is 26.2 Å². The van der Waals surface area contributed by atoms with Crippen LogP contribution in [-0.2, 0) is 12.7 Å². The Hall–Kier alpha value is -3.54. The second-order valence-electron chi connectivity index (χ2n) is 7.53. The lowest BCUT2D eigenvalue weighted by molar-refractivity contribution is -0.137. The molecule has 0 unspecified atom stereocenters. The van der Waals surface area contributed by atoms with E-state index in [2.05, 4.69) is 14.9 Å². The molecule has 1 aliphatic rings. The van der Waals surface area contributed by atoms with Crippen LogP contribution in [0.5, 0.6) is 5.75 Å². The van der Waals surface area contributed by atoms with Crippen molar-refractivity contribution in [3.63, 3.8) is 0 Å². The predicted octanol–water partition coefficient (Wildman–Crippen LogP) is 4.31. The average Bonchev–Trinajstić information content (AvgIpc) is 3.27. The second kappa shape index (κ2) is 9.75. The van der Waals surface area contributed by atoms with Gasteiger partial charge in [-0.15, -0.1) is 0 Å². The number of piperazine rings is 1. The summed E-state index contributed by atoms with van der Waals surface area (Å²) in [5, 5.41) is 3.77. The molecular weight excluding hydrogens is 463 g/mol. The van der Waals surface area contributed by atoms with Crippen molar-refractivity contribution in [1.29, 1.82) is 0 Å². The molecular formula is C22H19F5N4O3. The van der Waals surface area contributed by atoms with Gasteiger partial charge in [0.25, 0.3) is 5.91 Å². The molecule has 0 spiro atoms. The zero-order chi connectivity index (χ0) is 24.3. The minimum Gasteiger partial charge on any atom is -0.434 e. The molecule has 0 aliphatic carbocycles. The third-order valence-electron chi connectivity index (χ3n) is 5.27. The lowest BCUT2D eigenvalue weighted by atomic mass is 10.1. The molecule has 4 rings (SSSR count). The largest absolute Gasteiger partial charge is 0.434 e. The van der Waals surface area contributed by atoms with Gasteiger partial charge in [-0.25, -0.2) is 0 Å². The zero-order valence-electron chi connectivity index (χ0n) is 17.6. The molecule has 34 heavy (non-hydrogen) atoms. The first-order valence-corrected chi connectivity index (χ1v) is 10.3. The normalized spacial score (nSPS) is 15.1. The zero-order valence-corrected chi connectivity index (χ0v) is 17.6. The first kappa shape index (κ1) is 23.6. The number of halogens is 5. The van der Waals surface area contributed by atoms with Gasteiger partial charge >= 0.3 is 12.8 Å². The van der Waals surface area contributed by atoms with Gasteiger partial charge in [-0.2, -0.15) is 26.9 Å². The smallest absolute Gasteiger partial charge is 0.416 e. The maximum Gasteiger partial charge on any atom is 0.416 e. The third kappa shape index (κ3) is 5.50. The Balaban J connectivity index is 1.36. The lowest BCUT2D eigenvalue weighted by Crippen LogP contribution is -2.48. The number of ether oxygens (including phenoxy) is 1. The van der Waals surface area contributed by atoms with Gasteiger partial charge < -0.3 is 14.2 Å². The highest BCUT2D eigenvalue weighted by molar-refractivity contribution is 5.97. The van der Waals surface area contributed by atoms with Crippen molar-refractivity contribution in [3.05, 3.63) is 65.5 Å². The Labute approximate surface area is 190 Å². The van der Waals surface area contributed by atoms with Crippen molar-refractivity contribution < 1.29 is 36.0 Å². The maximum absolute atomic E-state index is 12.9. The van der Waals surface area contributed by atoms with E-state index in [9.17, 15) is 26.7 Å². The number of amides is 1. The Bertz CT molecular complexity index is 1140. The first-order chi connectivity index (χ1) is 16.2. The van der Waals surface area contributed by atoms with E-state index < -0.39 is 24.3 Å². The molecule has 1 aromatic heterocycles. The number of aromatic nitrogens is 2. The van der Waals surface area contributed by atoms with E-state index in [1.807, 2.05) is 4.90 Å². The highest BCUT2D eigenvalue weighted by Crippen LogP contribution is 2.31. The molecule has 1 saturated heterocycles. The highest BCUT2D eigenvalue weighted by atomic mass is 19.4. The number of alkyl halides is 5. The first-order valence-electron chi connectivity index (χ1n) is 10.3. The Morgan fingerprint density at radius 2 is 1.79 bits per heavy atom. The fourth-order valence-electron chi connectivity index (χ4n) is 3.58. The summed E-state index contributed by atoms with van der Waals surface area (Å²) in [6.07, 6.45) is -4.48. The van der Waals surface area contributed by atoms with Crippen molar-refractivity contribution in [1.82, 2.24) is 19.9 Å². The van der Waals surface area contributed by atoms with Crippen LogP contribution < -0.4 is 4.74 Å². The molecule has 7 nitrogen and oxygen atoms in total.